The molecule has 1 atom stereocenters. The Morgan fingerprint density at radius 2 is 1.89 bits per heavy atom. The fraction of sp³-hybridized carbons (Fsp3) is 0.581. The van der Waals surface area contributed by atoms with Gasteiger partial charge in [0, 0.05) is 29.2 Å². The number of aromatic nitrogens is 2. The maximum absolute atomic E-state index is 13.0. The quantitative estimate of drug-likeness (QED) is 0.282. The molecule has 1 fully saturated rings. The van der Waals surface area contributed by atoms with E-state index in [1.54, 1.807) is 6.20 Å². The van der Waals surface area contributed by atoms with Gasteiger partial charge in [0.15, 0.2) is 0 Å². The van der Waals surface area contributed by atoms with E-state index < -0.39 is 0 Å². The lowest BCUT2D eigenvalue weighted by atomic mass is 9.67. The van der Waals surface area contributed by atoms with E-state index in [0.29, 0.717) is 30.0 Å². The van der Waals surface area contributed by atoms with Crippen molar-refractivity contribution in [2.75, 3.05) is 6.61 Å². The predicted octanol–water partition coefficient (Wildman–Crippen LogP) is 6.51. The number of nitrogens with zero attached hydrogens (tertiary/aromatic N) is 4. The van der Waals surface area contributed by atoms with Gasteiger partial charge < -0.3 is 10.5 Å². The van der Waals surface area contributed by atoms with Gasteiger partial charge in [0.05, 0.1) is 12.3 Å². The van der Waals surface area contributed by atoms with Crippen LogP contribution in [-0.4, -0.2) is 28.3 Å². The molecular weight excluding hydrogens is 474 g/mol. The number of hydrogen-bond acceptors (Lipinski definition) is 5. The van der Waals surface area contributed by atoms with Crippen molar-refractivity contribution in [3.63, 3.8) is 0 Å². The zero-order valence-electron chi connectivity index (χ0n) is 24.3. The summed E-state index contributed by atoms with van der Waals surface area (Å²) in [7, 11) is 0. The number of nitrogens with two attached hydrogens (primary N) is 1. The average Bonchev–Trinajstić information content (AvgIpc) is 2.85. The third-order valence-corrected chi connectivity index (χ3v) is 7.01. The fourth-order valence-electron chi connectivity index (χ4n) is 4.60. The van der Waals surface area contributed by atoms with Crippen LogP contribution in [-0.2, 0) is 10.2 Å². The van der Waals surface area contributed by atoms with E-state index >= 15 is 0 Å². The molecule has 1 aliphatic carbocycles. The summed E-state index contributed by atoms with van der Waals surface area (Å²) in [5.41, 5.74) is 9.47. The molecule has 38 heavy (non-hydrogen) atoms. The molecule has 0 saturated heterocycles. The maximum Gasteiger partial charge on any atom is 0.250 e. The Bertz CT molecular complexity index is 1130. The summed E-state index contributed by atoms with van der Waals surface area (Å²) in [6.45, 7) is 15.3. The molecule has 2 aromatic heterocycles. The second-order valence-electron chi connectivity index (χ2n) is 11.3. The van der Waals surface area contributed by atoms with Crippen molar-refractivity contribution in [1.29, 1.82) is 5.26 Å². The third kappa shape index (κ3) is 8.93. The van der Waals surface area contributed by atoms with E-state index in [1.165, 1.54) is 6.42 Å². The molecule has 0 radical (unpaired) electrons. The van der Waals surface area contributed by atoms with Crippen molar-refractivity contribution in [2.45, 2.75) is 92.4 Å². The van der Waals surface area contributed by atoms with Gasteiger partial charge in [0.2, 0.25) is 5.88 Å². The van der Waals surface area contributed by atoms with Gasteiger partial charge in [0.1, 0.15) is 17.6 Å². The number of pyridine rings is 2. The molecule has 0 aromatic carbocycles. The minimum absolute atomic E-state index is 0.0272. The third-order valence-electron chi connectivity index (χ3n) is 7.01. The lowest BCUT2D eigenvalue weighted by Crippen LogP contribution is -2.35. The van der Waals surface area contributed by atoms with Crippen molar-refractivity contribution in [2.24, 2.45) is 28.5 Å². The maximum atomic E-state index is 13.0. The first kappa shape index (κ1) is 31.0. The number of nitriles is 1. The first-order valence-corrected chi connectivity index (χ1v) is 13.8. The number of ether oxygens (including phenoxy) is 1. The summed E-state index contributed by atoms with van der Waals surface area (Å²) in [4.78, 5) is 25.9. The van der Waals surface area contributed by atoms with Crippen molar-refractivity contribution < 1.29 is 9.53 Å². The number of aryl methyl sites for hydroxylation is 1. The zero-order chi connectivity index (χ0) is 28.3. The van der Waals surface area contributed by atoms with Crippen LogP contribution in [0.25, 0.3) is 0 Å². The van der Waals surface area contributed by atoms with Crippen LogP contribution in [0.4, 0.5) is 0 Å². The molecular formula is C31H45N5O2. The highest BCUT2D eigenvalue weighted by atomic mass is 16.5. The molecule has 2 aromatic rings. The largest absolute Gasteiger partial charge is 0.478 e. The van der Waals surface area contributed by atoms with Crippen LogP contribution >= 0.6 is 0 Å². The Morgan fingerprint density at radius 3 is 2.39 bits per heavy atom. The smallest absolute Gasteiger partial charge is 0.250 e. The summed E-state index contributed by atoms with van der Waals surface area (Å²) in [5.74, 6) is 1.73. The number of amidine groups is 1. The SMILES string of the molecule is CCOc1ccc(C(N)=NC(=O)C(CCC(C)C)CC(C)C)c(C2(C)CCC2)n1.Cc1cccnc1C#N. The van der Waals surface area contributed by atoms with Gasteiger partial charge in [-0.25, -0.2) is 9.97 Å². The number of rotatable bonds is 10. The lowest BCUT2D eigenvalue weighted by Gasteiger charge is -2.39. The molecule has 7 heteroatoms. The van der Waals surface area contributed by atoms with Gasteiger partial charge in [-0.3, -0.25) is 4.79 Å². The first-order valence-electron chi connectivity index (χ1n) is 13.8. The minimum Gasteiger partial charge on any atom is -0.478 e. The van der Waals surface area contributed by atoms with Crippen LogP contribution in [0.2, 0.25) is 0 Å². The monoisotopic (exact) mass is 519 g/mol. The molecule has 206 valence electrons. The summed E-state index contributed by atoms with van der Waals surface area (Å²) < 4.78 is 5.60. The molecule has 0 aliphatic heterocycles. The predicted molar refractivity (Wildman–Crippen MR) is 153 cm³/mol. The Hall–Kier alpha value is -3.27. The highest BCUT2D eigenvalue weighted by molar-refractivity contribution is 6.05. The Balaban J connectivity index is 0.000000474. The molecule has 2 heterocycles. The molecule has 1 amide bonds. The topological polar surface area (TPSA) is 114 Å². The van der Waals surface area contributed by atoms with Gasteiger partial charge in [0.25, 0.3) is 5.91 Å². The van der Waals surface area contributed by atoms with Gasteiger partial charge in [-0.2, -0.15) is 10.3 Å². The summed E-state index contributed by atoms with van der Waals surface area (Å²) in [5, 5.41) is 8.41. The highest BCUT2D eigenvalue weighted by Crippen LogP contribution is 2.44. The van der Waals surface area contributed by atoms with E-state index in [0.717, 1.165) is 48.9 Å². The van der Waals surface area contributed by atoms with E-state index in [2.05, 4.69) is 44.6 Å². The standard InChI is InChI=1S/C24H39N3O2.C7H6N2/c1-7-29-20-12-11-19(21(26-20)24(6)13-8-14-24)22(25)27-23(28)18(15-17(4)5)10-9-16(2)3;1-6-3-2-4-9-7(6)5-8/h11-12,16-18H,7-10,13-15H2,1-6H3,(H2,25,27,28);2-4H,1H3. The summed E-state index contributed by atoms with van der Waals surface area (Å²) in [6, 6.07) is 9.40. The summed E-state index contributed by atoms with van der Waals surface area (Å²) >= 11 is 0. The molecule has 2 N–H and O–H groups in total. The molecule has 1 unspecified atom stereocenters. The molecule has 3 rings (SSSR count). The molecule has 7 nitrogen and oxygen atoms in total. The van der Waals surface area contributed by atoms with E-state index in [4.69, 9.17) is 20.7 Å². The molecule has 1 aliphatic rings. The minimum atomic E-state index is -0.101. The van der Waals surface area contributed by atoms with E-state index in [-0.39, 0.29) is 23.1 Å². The van der Waals surface area contributed by atoms with Gasteiger partial charge in [-0.1, -0.05) is 53.5 Å². The number of aliphatic imine (C=N–C) groups is 1. The van der Waals surface area contributed by atoms with Crippen LogP contribution in [0, 0.1) is 36.0 Å². The van der Waals surface area contributed by atoms with Gasteiger partial charge in [-0.05, 0) is 69.1 Å². The van der Waals surface area contributed by atoms with Crippen LogP contribution in [0.3, 0.4) is 0 Å². The van der Waals surface area contributed by atoms with Crippen molar-refractivity contribution in [3.8, 4) is 11.9 Å². The Labute approximate surface area is 228 Å². The van der Waals surface area contributed by atoms with Crippen molar-refractivity contribution >= 4 is 11.7 Å². The zero-order valence-corrected chi connectivity index (χ0v) is 24.3. The Kier molecular flexibility index (Phi) is 11.9. The van der Waals surface area contributed by atoms with Crippen LogP contribution in [0.15, 0.2) is 35.5 Å². The molecule has 0 bridgehead atoms. The number of carbonyl (C=O) groups excluding carboxylic acids is 1. The molecule has 1 saturated carbocycles. The van der Waals surface area contributed by atoms with Crippen LogP contribution in [0.5, 0.6) is 5.88 Å². The average molecular weight is 520 g/mol. The second-order valence-corrected chi connectivity index (χ2v) is 11.3. The first-order chi connectivity index (χ1) is 18.0. The Morgan fingerprint density at radius 1 is 1.18 bits per heavy atom. The van der Waals surface area contributed by atoms with E-state index in [9.17, 15) is 4.79 Å². The second kappa shape index (κ2) is 14.6. The normalized spacial score (nSPS) is 15.2. The van der Waals surface area contributed by atoms with E-state index in [1.807, 2.05) is 44.2 Å². The fourth-order valence-corrected chi connectivity index (χ4v) is 4.60. The number of amides is 1. The van der Waals surface area contributed by atoms with Crippen molar-refractivity contribution in [1.82, 2.24) is 9.97 Å². The number of carbonyl (C=O) groups is 1. The highest BCUT2D eigenvalue weighted by Gasteiger charge is 2.38. The lowest BCUT2D eigenvalue weighted by molar-refractivity contribution is -0.122. The molecule has 0 spiro atoms. The van der Waals surface area contributed by atoms with Gasteiger partial charge in [-0.15, -0.1) is 0 Å². The number of hydrogen-bond donors (Lipinski definition) is 1. The van der Waals surface area contributed by atoms with Gasteiger partial charge >= 0.3 is 0 Å². The summed E-state index contributed by atoms with van der Waals surface area (Å²) in [6.07, 6.45) is 7.64. The van der Waals surface area contributed by atoms with Crippen molar-refractivity contribution in [3.05, 3.63) is 53.0 Å². The van der Waals surface area contributed by atoms with Crippen LogP contribution < -0.4 is 10.5 Å². The van der Waals surface area contributed by atoms with Crippen LogP contribution in [0.1, 0.15) is 103 Å².